The van der Waals surface area contributed by atoms with Crippen molar-refractivity contribution in [3.05, 3.63) is 17.4 Å². The molecule has 2 aromatic rings. The highest BCUT2D eigenvalue weighted by molar-refractivity contribution is 7.60. The quantitative estimate of drug-likeness (QED) is 0.566. The summed E-state index contributed by atoms with van der Waals surface area (Å²) in [4.78, 5) is 45.1. The molecule has 1 aromatic heterocycles. The van der Waals surface area contributed by atoms with Gasteiger partial charge in [0.1, 0.15) is 23.9 Å². The van der Waals surface area contributed by atoms with Gasteiger partial charge in [0.05, 0.1) is 34.8 Å². The molecule has 0 bridgehead atoms. The molecule has 14 heteroatoms. The summed E-state index contributed by atoms with van der Waals surface area (Å²) in [6.45, 7) is 3.66. The fraction of sp³-hybridized carbons (Fsp3) is 0.500. The van der Waals surface area contributed by atoms with Gasteiger partial charge in [-0.15, -0.1) is 0 Å². The van der Waals surface area contributed by atoms with Gasteiger partial charge in [0.25, 0.3) is 0 Å². The molecule has 2 unspecified atom stereocenters. The van der Waals surface area contributed by atoms with Crippen molar-refractivity contribution in [3.63, 3.8) is 0 Å². The number of nitrogens with one attached hydrogen (secondary N) is 1. The maximum atomic E-state index is 16.2. The Morgan fingerprint density at radius 3 is 2.94 bits per heavy atom. The van der Waals surface area contributed by atoms with E-state index in [1.165, 1.54) is 6.92 Å². The largest absolute Gasteiger partial charge is 0.447 e. The number of carbonyl (C=O) groups is 3. The number of imide groups is 1. The highest BCUT2D eigenvalue weighted by Crippen LogP contribution is 2.60. The normalized spacial score (nSPS) is 34.3. The molecule has 2 N–H and O–H groups in total. The second-order valence-electron chi connectivity index (χ2n) is 9.81. The van der Waals surface area contributed by atoms with E-state index >= 15 is 4.39 Å². The fourth-order valence-corrected chi connectivity index (χ4v) is 8.16. The first kappa shape index (κ1) is 22.1. The van der Waals surface area contributed by atoms with Crippen LogP contribution in [0, 0.1) is 11.2 Å². The predicted molar refractivity (Wildman–Crippen MR) is 124 cm³/mol. The van der Waals surface area contributed by atoms with E-state index in [1.807, 2.05) is 11.8 Å². The number of aliphatic imine (C=N–C) groups is 1. The van der Waals surface area contributed by atoms with E-state index in [4.69, 9.17) is 14.0 Å². The second kappa shape index (κ2) is 7.21. The molecule has 188 valence electrons. The second-order valence-corrected chi connectivity index (χ2v) is 11.1. The number of aliphatic hydroxyl groups excluding tert-OH is 1. The average Bonchev–Trinajstić information content (AvgIpc) is 3.48. The van der Waals surface area contributed by atoms with Crippen LogP contribution in [0.4, 0.5) is 25.5 Å². The number of morpholine rings is 1. The molecule has 3 saturated heterocycles. The van der Waals surface area contributed by atoms with Crippen molar-refractivity contribution in [1.29, 1.82) is 0 Å². The SMILES string of the molecule is C[C@@H]1CN2c3c(cc4c(N5C(=O)OC[C@@H]5[C@@H](C)O)noc4c3F)CC34C(=O)NC(=O)N=C3P[C@H](O1)[C@@H]24. The number of hydrogen-bond acceptors (Lipinski definition) is 9. The number of anilines is 2. The van der Waals surface area contributed by atoms with Gasteiger partial charge < -0.3 is 24.0 Å². The lowest BCUT2D eigenvalue weighted by Gasteiger charge is -2.51. The number of aromatic nitrogens is 1. The van der Waals surface area contributed by atoms with Gasteiger partial charge in [-0.05, 0) is 40.5 Å². The van der Waals surface area contributed by atoms with Gasteiger partial charge in [-0.2, -0.15) is 4.99 Å². The number of aliphatic hydroxyl groups is 1. The Hall–Kier alpha value is -3.15. The van der Waals surface area contributed by atoms with Crippen molar-refractivity contribution >= 4 is 54.5 Å². The van der Waals surface area contributed by atoms with Gasteiger partial charge in [0, 0.05) is 6.54 Å². The summed E-state index contributed by atoms with van der Waals surface area (Å²) in [5, 5.41) is 16.7. The van der Waals surface area contributed by atoms with Crippen LogP contribution in [0.1, 0.15) is 19.4 Å². The fourth-order valence-electron chi connectivity index (χ4n) is 6.20. The summed E-state index contributed by atoms with van der Waals surface area (Å²) in [7, 11) is -0.0180. The zero-order chi connectivity index (χ0) is 25.1. The maximum absolute atomic E-state index is 16.2. The summed E-state index contributed by atoms with van der Waals surface area (Å²) < 4.78 is 32.8. The van der Waals surface area contributed by atoms with Crippen molar-refractivity contribution in [2.45, 2.75) is 50.4 Å². The van der Waals surface area contributed by atoms with Crippen molar-refractivity contribution < 1.29 is 37.9 Å². The third-order valence-corrected chi connectivity index (χ3v) is 9.25. The van der Waals surface area contributed by atoms with Crippen LogP contribution < -0.4 is 15.1 Å². The number of nitrogens with zero attached hydrogens (tertiary/aromatic N) is 4. The van der Waals surface area contributed by atoms with Crippen molar-refractivity contribution in [3.8, 4) is 0 Å². The maximum Gasteiger partial charge on any atom is 0.416 e. The summed E-state index contributed by atoms with van der Waals surface area (Å²) in [5.74, 6) is -1.52. The lowest BCUT2D eigenvalue weighted by molar-refractivity contribution is -0.130. The minimum absolute atomic E-state index is 0.0180. The number of carbonyl (C=O) groups excluding carboxylic acids is 3. The summed E-state index contributed by atoms with van der Waals surface area (Å²) in [5.41, 5.74) is -0.0844. The van der Waals surface area contributed by atoms with Crippen LogP contribution >= 0.6 is 8.58 Å². The molecule has 3 fully saturated rings. The summed E-state index contributed by atoms with van der Waals surface area (Å²) >= 11 is 0. The first-order valence-corrected chi connectivity index (χ1v) is 12.7. The van der Waals surface area contributed by atoms with Crippen LogP contribution in [0.15, 0.2) is 15.6 Å². The Morgan fingerprint density at radius 1 is 1.36 bits per heavy atom. The molecule has 1 spiro atoms. The van der Waals surface area contributed by atoms with Gasteiger partial charge >= 0.3 is 12.1 Å². The predicted octanol–water partition coefficient (Wildman–Crippen LogP) is 1.48. The van der Waals surface area contributed by atoms with E-state index in [0.29, 0.717) is 17.6 Å². The third-order valence-electron chi connectivity index (χ3n) is 7.69. The van der Waals surface area contributed by atoms with E-state index in [2.05, 4.69) is 15.5 Å². The first-order valence-electron chi connectivity index (χ1n) is 11.6. The molecule has 7 atom stereocenters. The number of amides is 4. The lowest BCUT2D eigenvalue weighted by atomic mass is 9.70. The van der Waals surface area contributed by atoms with Crippen LogP contribution in [0.2, 0.25) is 0 Å². The van der Waals surface area contributed by atoms with E-state index in [-0.39, 0.29) is 50.2 Å². The van der Waals surface area contributed by atoms with Crippen LogP contribution in [-0.2, 0) is 20.7 Å². The number of cyclic esters (lactones) is 1. The monoisotopic (exact) mass is 517 g/mol. The topological polar surface area (TPSA) is 147 Å². The molecule has 0 radical (unpaired) electrons. The molecule has 12 nitrogen and oxygen atoms in total. The van der Waals surface area contributed by atoms with E-state index in [1.54, 1.807) is 6.07 Å². The molecule has 1 aromatic carbocycles. The molecular formula is C22H21FN5O7P. The Bertz CT molecular complexity index is 1410. The van der Waals surface area contributed by atoms with Crippen LogP contribution in [-0.4, -0.2) is 77.0 Å². The molecule has 6 heterocycles. The molecule has 36 heavy (non-hydrogen) atoms. The highest BCUT2D eigenvalue weighted by Gasteiger charge is 2.66. The first-order chi connectivity index (χ1) is 17.2. The molecule has 0 aliphatic carbocycles. The minimum Gasteiger partial charge on any atom is -0.447 e. The Labute approximate surface area is 204 Å². The molecule has 4 amide bonds. The number of ether oxygens (including phenoxy) is 2. The van der Waals surface area contributed by atoms with Crippen LogP contribution in [0.25, 0.3) is 11.0 Å². The number of fused-ring (bicyclic) bond motifs is 3. The van der Waals surface area contributed by atoms with Crippen molar-refractivity contribution in [2.24, 2.45) is 10.4 Å². The number of urea groups is 1. The molecule has 0 saturated carbocycles. The molecule has 5 aliphatic rings. The number of halogens is 1. The standard InChI is InChI=1S/C22H21FN5O7P/c1-7-5-27-13-9(4-22-15(27)17(34-7)36-19(22)25-20(31)24-18(22)30)3-10-14(12(13)23)35-26-16(10)28-11(8(2)29)6-33-21(28)32/h3,7-8,11,15,17,29,36H,4-6H2,1-2H3,(H,24,30,31)/t7-,8-,11-,15-,17+,22?/m1/s1. The van der Waals surface area contributed by atoms with Crippen molar-refractivity contribution in [1.82, 2.24) is 10.5 Å². The van der Waals surface area contributed by atoms with E-state index in [0.717, 1.165) is 4.90 Å². The highest BCUT2D eigenvalue weighted by atomic mass is 31.1. The van der Waals surface area contributed by atoms with E-state index < -0.39 is 53.3 Å². The van der Waals surface area contributed by atoms with Gasteiger partial charge in [0.15, 0.2) is 11.6 Å². The van der Waals surface area contributed by atoms with E-state index in [9.17, 15) is 19.5 Å². The smallest absolute Gasteiger partial charge is 0.416 e. The number of benzene rings is 1. The van der Waals surface area contributed by atoms with Gasteiger partial charge in [-0.25, -0.2) is 18.9 Å². The zero-order valence-corrected chi connectivity index (χ0v) is 20.1. The van der Waals surface area contributed by atoms with Gasteiger partial charge in [-0.3, -0.25) is 10.1 Å². The summed E-state index contributed by atoms with van der Waals surface area (Å²) in [6.07, 6.45) is -1.83. The van der Waals surface area contributed by atoms with Gasteiger partial charge in [-0.1, -0.05) is 5.16 Å². The Balaban J connectivity index is 1.45. The Kier molecular flexibility index (Phi) is 4.42. The van der Waals surface area contributed by atoms with Gasteiger partial charge in [0.2, 0.25) is 11.5 Å². The number of hydrogen-bond donors (Lipinski definition) is 2. The van der Waals surface area contributed by atoms with Crippen LogP contribution in [0.5, 0.6) is 0 Å². The summed E-state index contributed by atoms with van der Waals surface area (Å²) in [6, 6.07) is -0.308. The third kappa shape index (κ3) is 2.65. The average molecular weight is 517 g/mol. The number of rotatable bonds is 2. The molecular weight excluding hydrogens is 496 g/mol. The van der Waals surface area contributed by atoms with Crippen molar-refractivity contribution in [2.75, 3.05) is 23.0 Å². The lowest BCUT2D eigenvalue weighted by Crippen LogP contribution is -2.67. The zero-order valence-electron chi connectivity index (χ0n) is 19.1. The molecule has 7 rings (SSSR count). The minimum atomic E-state index is -1.18. The van der Waals surface area contributed by atoms with Crippen LogP contribution in [0.3, 0.4) is 0 Å². The molecule has 5 aliphatic heterocycles. The Morgan fingerprint density at radius 2 is 2.17 bits per heavy atom.